The van der Waals surface area contributed by atoms with Crippen LogP contribution in [0.4, 0.5) is 0 Å². The van der Waals surface area contributed by atoms with Gasteiger partial charge in [0.05, 0.1) is 0 Å². The van der Waals surface area contributed by atoms with Gasteiger partial charge in [0.1, 0.15) is 0 Å². The Morgan fingerprint density at radius 1 is 1.05 bits per heavy atom. The first-order chi connectivity index (χ1) is 10.1. The molecular weight excluding hydrogens is 256 g/mol. The van der Waals surface area contributed by atoms with E-state index >= 15 is 0 Å². The number of nitrogens with zero attached hydrogens (tertiary/aromatic N) is 1. The second kappa shape index (κ2) is 6.10. The Bertz CT molecular complexity index is 448. The van der Waals surface area contributed by atoms with Crippen LogP contribution < -0.4 is 5.32 Å². The molecule has 0 radical (unpaired) electrons. The zero-order valence-corrected chi connectivity index (χ0v) is 13.8. The van der Waals surface area contributed by atoms with Crippen molar-refractivity contribution >= 4 is 0 Å². The van der Waals surface area contributed by atoms with E-state index in [1.807, 2.05) is 0 Å². The zero-order valence-electron chi connectivity index (χ0n) is 13.8. The molecule has 2 fully saturated rings. The first-order valence-electron chi connectivity index (χ1n) is 8.61. The van der Waals surface area contributed by atoms with Crippen LogP contribution in [0.2, 0.25) is 0 Å². The van der Waals surface area contributed by atoms with E-state index in [2.05, 4.69) is 61.3 Å². The summed E-state index contributed by atoms with van der Waals surface area (Å²) >= 11 is 0. The highest BCUT2D eigenvalue weighted by Gasteiger charge is 2.38. The average molecular weight is 286 g/mol. The maximum atomic E-state index is 4.03. The smallest absolute Gasteiger partial charge is 0.0372 e. The van der Waals surface area contributed by atoms with Crippen LogP contribution in [0.1, 0.15) is 58.1 Å². The Morgan fingerprint density at radius 3 is 2.52 bits per heavy atom. The van der Waals surface area contributed by atoms with Crippen LogP contribution in [-0.4, -0.2) is 30.1 Å². The Kier molecular flexibility index (Phi) is 4.37. The molecule has 2 saturated heterocycles. The fourth-order valence-corrected chi connectivity index (χ4v) is 4.15. The van der Waals surface area contributed by atoms with Crippen LogP contribution in [0.3, 0.4) is 0 Å². The highest BCUT2D eigenvalue weighted by Crippen LogP contribution is 2.36. The summed E-state index contributed by atoms with van der Waals surface area (Å²) in [6.45, 7) is 9.66. The van der Waals surface area contributed by atoms with Gasteiger partial charge in [0.15, 0.2) is 0 Å². The van der Waals surface area contributed by atoms with Gasteiger partial charge in [-0.2, -0.15) is 0 Å². The van der Waals surface area contributed by atoms with Crippen molar-refractivity contribution in [1.82, 2.24) is 10.2 Å². The predicted molar refractivity (Wildman–Crippen MR) is 89.4 cm³/mol. The lowest BCUT2D eigenvalue weighted by Gasteiger charge is -2.38. The fraction of sp³-hybridized carbons (Fsp3) is 0.684. The van der Waals surface area contributed by atoms with Gasteiger partial charge in [0, 0.05) is 24.7 Å². The van der Waals surface area contributed by atoms with E-state index in [1.54, 1.807) is 0 Å². The van der Waals surface area contributed by atoms with Crippen LogP contribution in [0.25, 0.3) is 0 Å². The second-order valence-electron chi connectivity index (χ2n) is 7.87. The summed E-state index contributed by atoms with van der Waals surface area (Å²) in [5.74, 6) is 0. The van der Waals surface area contributed by atoms with Crippen molar-refractivity contribution in [2.24, 2.45) is 5.41 Å². The molecule has 0 saturated carbocycles. The monoisotopic (exact) mass is 286 g/mol. The summed E-state index contributed by atoms with van der Waals surface area (Å²) in [5.41, 5.74) is 1.67. The van der Waals surface area contributed by atoms with E-state index < -0.39 is 0 Å². The van der Waals surface area contributed by atoms with Crippen molar-refractivity contribution in [3.05, 3.63) is 35.9 Å². The van der Waals surface area contributed by atoms with Gasteiger partial charge in [0.25, 0.3) is 0 Å². The average Bonchev–Trinajstić information content (AvgIpc) is 2.88. The number of hydrogen-bond donors (Lipinski definition) is 1. The van der Waals surface area contributed by atoms with Crippen LogP contribution in [-0.2, 0) is 0 Å². The van der Waals surface area contributed by atoms with Crippen molar-refractivity contribution < 1.29 is 0 Å². The van der Waals surface area contributed by atoms with Gasteiger partial charge in [-0.3, -0.25) is 4.90 Å². The lowest BCUT2D eigenvalue weighted by atomic mass is 9.81. The van der Waals surface area contributed by atoms with E-state index in [1.165, 1.54) is 44.3 Å². The molecule has 116 valence electrons. The molecule has 2 nitrogen and oxygen atoms in total. The molecule has 2 heteroatoms. The summed E-state index contributed by atoms with van der Waals surface area (Å²) in [7, 11) is 0. The van der Waals surface area contributed by atoms with Crippen LogP contribution in [0.5, 0.6) is 0 Å². The number of hydrogen-bond acceptors (Lipinski definition) is 2. The van der Waals surface area contributed by atoms with Crippen LogP contribution in [0.15, 0.2) is 30.3 Å². The quantitative estimate of drug-likeness (QED) is 0.904. The van der Waals surface area contributed by atoms with Gasteiger partial charge < -0.3 is 5.32 Å². The lowest BCUT2D eigenvalue weighted by molar-refractivity contribution is 0.161. The molecule has 0 spiro atoms. The molecule has 0 bridgehead atoms. The Hall–Kier alpha value is -0.860. The molecule has 3 unspecified atom stereocenters. The summed E-state index contributed by atoms with van der Waals surface area (Å²) < 4.78 is 0. The van der Waals surface area contributed by atoms with Gasteiger partial charge >= 0.3 is 0 Å². The third-order valence-corrected chi connectivity index (χ3v) is 5.24. The van der Waals surface area contributed by atoms with Crippen molar-refractivity contribution in [3.8, 4) is 0 Å². The van der Waals surface area contributed by atoms with Crippen LogP contribution in [0, 0.1) is 5.41 Å². The minimum absolute atomic E-state index is 0.240. The minimum atomic E-state index is 0.240. The molecule has 3 atom stereocenters. The highest BCUT2D eigenvalue weighted by molar-refractivity contribution is 5.21. The molecule has 1 N–H and O–H groups in total. The summed E-state index contributed by atoms with van der Waals surface area (Å²) in [4.78, 5) is 2.71. The lowest BCUT2D eigenvalue weighted by Crippen LogP contribution is -2.48. The number of nitrogens with one attached hydrogen (secondary N) is 1. The van der Waals surface area contributed by atoms with Crippen molar-refractivity contribution in [2.75, 3.05) is 13.1 Å². The third-order valence-electron chi connectivity index (χ3n) is 5.24. The normalized spacial score (nSPS) is 28.3. The fourth-order valence-electron chi connectivity index (χ4n) is 4.15. The SMILES string of the molecule is CC(C)(C)C(NC1CCN2CCCCC12)c1ccccc1. The summed E-state index contributed by atoms with van der Waals surface area (Å²) in [6.07, 6.45) is 5.49. The molecule has 2 aliphatic heterocycles. The molecular formula is C19H30N2. The molecule has 1 aromatic carbocycles. The molecule has 0 aromatic heterocycles. The Labute approximate surface area is 129 Å². The zero-order chi connectivity index (χ0) is 14.9. The molecule has 3 rings (SSSR count). The van der Waals surface area contributed by atoms with Gasteiger partial charge in [-0.1, -0.05) is 57.5 Å². The topological polar surface area (TPSA) is 15.3 Å². The van der Waals surface area contributed by atoms with E-state index in [-0.39, 0.29) is 5.41 Å². The number of benzene rings is 1. The molecule has 2 heterocycles. The number of rotatable bonds is 3. The van der Waals surface area contributed by atoms with Crippen molar-refractivity contribution in [2.45, 2.75) is 64.6 Å². The maximum absolute atomic E-state index is 4.03. The first kappa shape index (κ1) is 15.1. The van der Waals surface area contributed by atoms with Crippen molar-refractivity contribution in [1.29, 1.82) is 0 Å². The minimum Gasteiger partial charge on any atom is -0.305 e. The van der Waals surface area contributed by atoms with Gasteiger partial charge in [0.2, 0.25) is 0 Å². The largest absolute Gasteiger partial charge is 0.305 e. The predicted octanol–water partition coefficient (Wildman–Crippen LogP) is 3.99. The summed E-state index contributed by atoms with van der Waals surface area (Å²) in [6, 6.07) is 12.9. The molecule has 2 aliphatic rings. The first-order valence-corrected chi connectivity index (χ1v) is 8.61. The molecule has 0 amide bonds. The standard InChI is InChI=1S/C19H30N2/c1-19(2,3)18(15-9-5-4-6-10-15)20-16-12-14-21-13-8-7-11-17(16)21/h4-6,9-10,16-18,20H,7-8,11-14H2,1-3H3. The molecule has 21 heavy (non-hydrogen) atoms. The Balaban J connectivity index is 1.76. The van der Waals surface area contributed by atoms with Gasteiger partial charge in [-0.05, 0) is 36.8 Å². The van der Waals surface area contributed by atoms with Crippen molar-refractivity contribution in [3.63, 3.8) is 0 Å². The van der Waals surface area contributed by atoms with E-state index in [9.17, 15) is 0 Å². The maximum Gasteiger partial charge on any atom is 0.0372 e. The number of piperidine rings is 1. The molecule has 0 aliphatic carbocycles. The van der Waals surface area contributed by atoms with E-state index in [0.717, 1.165) is 6.04 Å². The van der Waals surface area contributed by atoms with Gasteiger partial charge in [-0.25, -0.2) is 0 Å². The Morgan fingerprint density at radius 2 is 1.81 bits per heavy atom. The third kappa shape index (κ3) is 3.32. The molecule has 1 aromatic rings. The highest BCUT2D eigenvalue weighted by atomic mass is 15.2. The van der Waals surface area contributed by atoms with E-state index in [0.29, 0.717) is 12.1 Å². The second-order valence-corrected chi connectivity index (χ2v) is 7.87. The van der Waals surface area contributed by atoms with Gasteiger partial charge in [-0.15, -0.1) is 0 Å². The number of fused-ring (bicyclic) bond motifs is 1. The van der Waals surface area contributed by atoms with E-state index in [4.69, 9.17) is 0 Å². The van der Waals surface area contributed by atoms with Crippen LogP contribution >= 0.6 is 0 Å². The summed E-state index contributed by atoms with van der Waals surface area (Å²) in [5, 5.41) is 4.03.